The summed E-state index contributed by atoms with van der Waals surface area (Å²) in [5, 5.41) is 8.29. The summed E-state index contributed by atoms with van der Waals surface area (Å²) in [4.78, 5) is 10.2. The number of hydrogen-bond donors (Lipinski definition) is 1. The predicted molar refractivity (Wildman–Crippen MR) is 38.8 cm³/mol. The summed E-state index contributed by atoms with van der Waals surface area (Å²) in [6, 6.07) is 0. The summed E-state index contributed by atoms with van der Waals surface area (Å²) < 4.78 is 12.7. The topological polar surface area (TPSA) is 37.3 Å². The first-order valence-corrected chi connectivity index (χ1v) is 3.72. The Morgan fingerprint density at radius 3 is 2.36 bits per heavy atom. The molecule has 3 heteroatoms. The van der Waals surface area contributed by atoms with Gasteiger partial charge in [-0.1, -0.05) is 6.42 Å². The van der Waals surface area contributed by atoms with Gasteiger partial charge in [-0.25, -0.2) is 4.79 Å². The van der Waals surface area contributed by atoms with Gasteiger partial charge in [0.1, 0.15) is 0 Å². The van der Waals surface area contributed by atoms with E-state index in [0.29, 0.717) is 5.57 Å². The normalized spacial score (nSPS) is 20.5. The van der Waals surface area contributed by atoms with Crippen LogP contribution in [0.2, 0.25) is 0 Å². The highest BCUT2D eigenvalue weighted by molar-refractivity contribution is 5.84. The molecule has 0 radical (unpaired) electrons. The number of carboxylic acids is 1. The Labute approximate surface area is 64.7 Å². The van der Waals surface area contributed by atoms with E-state index in [2.05, 4.69) is 0 Å². The zero-order chi connectivity index (χ0) is 8.43. The maximum atomic E-state index is 12.7. The summed E-state index contributed by atoms with van der Waals surface area (Å²) in [7, 11) is 0. The zero-order valence-electron chi connectivity index (χ0n) is 6.43. The van der Waals surface area contributed by atoms with Crippen molar-refractivity contribution < 1.29 is 14.3 Å². The molecule has 0 aromatic rings. The maximum absolute atomic E-state index is 12.7. The second kappa shape index (κ2) is 3.03. The van der Waals surface area contributed by atoms with Gasteiger partial charge in [-0.15, -0.1) is 0 Å². The van der Waals surface area contributed by atoms with Crippen molar-refractivity contribution >= 4 is 5.97 Å². The van der Waals surface area contributed by atoms with E-state index in [1.54, 1.807) is 6.92 Å². The minimum absolute atomic E-state index is 0.186. The van der Waals surface area contributed by atoms with Crippen molar-refractivity contribution in [2.24, 2.45) is 5.92 Å². The Hall–Kier alpha value is -0.860. The summed E-state index contributed by atoms with van der Waals surface area (Å²) in [6.45, 7) is 1.56. The van der Waals surface area contributed by atoms with E-state index < -0.39 is 11.8 Å². The molecule has 0 unspecified atom stereocenters. The van der Waals surface area contributed by atoms with Gasteiger partial charge in [-0.05, 0) is 31.3 Å². The van der Waals surface area contributed by atoms with E-state index in [1.807, 2.05) is 0 Å². The monoisotopic (exact) mass is 158 g/mol. The first kappa shape index (κ1) is 8.24. The molecule has 0 spiro atoms. The number of aliphatic carboxylic acids is 1. The van der Waals surface area contributed by atoms with Crippen LogP contribution in [0.4, 0.5) is 4.39 Å². The first-order valence-electron chi connectivity index (χ1n) is 3.72. The first-order chi connectivity index (χ1) is 5.13. The minimum Gasteiger partial charge on any atom is -0.476 e. The molecule has 0 bridgehead atoms. The summed E-state index contributed by atoms with van der Waals surface area (Å²) in [5.74, 6) is -2.21. The maximum Gasteiger partial charge on any atom is 0.364 e. The van der Waals surface area contributed by atoms with Crippen molar-refractivity contribution in [1.82, 2.24) is 0 Å². The highest BCUT2D eigenvalue weighted by Gasteiger charge is 2.24. The average Bonchev–Trinajstić information content (AvgIpc) is 1.82. The highest BCUT2D eigenvalue weighted by Crippen LogP contribution is 2.34. The Balaban J connectivity index is 2.68. The van der Waals surface area contributed by atoms with Crippen LogP contribution < -0.4 is 0 Å². The molecule has 62 valence electrons. The third-order valence-corrected chi connectivity index (χ3v) is 2.25. The molecule has 0 atom stereocenters. The van der Waals surface area contributed by atoms with Gasteiger partial charge in [0, 0.05) is 0 Å². The second-order valence-electron chi connectivity index (χ2n) is 2.93. The van der Waals surface area contributed by atoms with Gasteiger partial charge in [0.2, 0.25) is 5.83 Å². The number of rotatable bonds is 2. The zero-order valence-corrected chi connectivity index (χ0v) is 6.43. The molecule has 0 aromatic carbocycles. The van der Waals surface area contributed by atoms with Crippen LogP contribution in [0.5, 0.6) is 0 Å². The standard InChI is InChI=1S/C8H11FO2/c1-5(6-3-2-4-6)7(9)8(10)11/h6H,2-4H2,1H3,(H,10,11)/b7-5-. The third-order valence-electron chi connectivity index (χ3n) is 2.25. The Morgan fingerprint density at radius 1 is 1.55 bits per heavy atom. The molecule has 1 rings (SSSR count). The van der Waals surface area contributed by atoms with E-state index in [-0.39, 0.29) is 5.92 Å². The van der Waals surface area contributed by atoms with E-state index >= 15 is 0 Å². The molecule has 0 aromatic heterocycles. The molecule has 1 fully saturated rings. The Kier molecular flexibility index (Phi) is 2.27. The van der Waals surface area contributed by atoms with E-state index in [0.717, 1.165) is 19.3 Å². The summed E-state index contributed by atoms with van der Waals surface area (Å²) in [6.07, 6.45) is 2.97. The van der Waals surface area contributed by atoms with Crippen molar-refractivity contribution in [2.45, 2.75) is 26.2 Å². The molecule has 1 N–H and O–H groups in total. The number of carboxylic acid groups (broad SMARTS) is 1. The molecule has 1 aliphatic carbocycles. The number of allylic oxidation sites excluding steroid dienone is 1. The minimum atomic E-state index is -1.44. The van der Waals surface area contributed by atoms with Crippen molar-refractivity contribution in [3.63, 3.8) is 0 Å². The Bertz CT molecular complexity index is 204. The second-order valence-corrected chi connectivity index (χ2v) is 2.93. The molecule has 1 saturated carbocycles. The van der Waals surface area contributed by atoms with Crippen LogP contribution >= 0.6 is 0 Å². The molecule has 0 saturated heterocycles. The third kappa shape index (κ3) is 1.59. The van der Waals surface area contributed by atoms with Crippen LogP contribution in [0, 0.1) is 5.92 Å². The van der Waals surface area contributed by atoms with Gasteiger partial charge < -0.3 is 5.11 Å². The molecule has 11 heavy (non-hydrogen) atoms. The quantitative estimate of drug-likeness (QED) is 0.625. The molecule has 0 heterocycles. The fourth-order valence-corrected chi connectivity index (χ4v) is 1.19. The van der Waals surface area contributed by atoms with Gasteiger partial charge in [-0.3, -0.25) is 0 Å². The predicted octanol–water partition coefficient (Wildman–Crippen LogP) is 2.11. The SMILES string of the molecule is C/C(=C(/F)C(=O)O)C1CCC1. The number of halogens is 1. The van der Waals surface area contributed by atoms with Crippen LogP contribution in [0.3, 0.4) is 0 Å². The Morgan fingerprint density at radius 2 is 2.09 bits per heavy atom. The van der Waals surface area contributed by atoms with E-state index in [9.17, 15) is 9.18 Å². The summed E-state index contributed by atoms with van der Waals surface area (Å²) in [5.41, 5.74) is 0.406. The fraction of sp³-hybridized carbons (Fsp3) is 0.625. The van der Waals surface area contributed by atoms with E-state index in [4.69, 9.17) is 5.11 Å². The van der Waals surface area contributed by atoms with Crippen molar-refractivity contribution in [1.29, 1.82) is 0 Å². The average molecular weight is 158 g/mol. The lowest BCUT2D eigenvalue weighted by Gasteiger charge is -2.25. The van der Waals surface area contributed by atoms with Crippen molar-refractivity contribution in [3.8, 4) is 0 Å². The van der Waals surface area contributed by atoms with Crippen LogP contribution in [0.15, 0.2) is 11.4 Å². The van der Waals surface area contributed by atoms with Crippen LogP contribution in [-0.2, 0) is 4.79 Å². The van der Waals surface area contributed by atoms with Crippen LogP contribution in [0.1, 0.15) is 26.2 Å². The molecular formula is C8H11FO2. The van der Waals surface area contributed by atoms with Gasteiger partial charge in [-0.2, -0.15) is 4.39 Å². The molecular weight excluding hydrogens is 147 g/mol. The lowest BCUT2D eigenvalue weighted by Crippen LogP contribution is -2.15. The summed E-state index contributed by atoms with van der Waals surface area (Å²) >= 11 is 0. The number of hydrogen-bond acceptors (Lipinski definition) is 1. The molecule has 2 nitrogen and oxygen atoms in total. The van der Waals surface area contributed by atoms with Gasteiger partial charge in [0.25, 0.3) is 0 Å². The molecule has 1 aliphatic rings. The fourth-order valence-electron chi connectivity index (χ4n) is 1.19. The molecule has 0 aliphatic heterocycles. The molecule has 0 amide bonds. The van der Waals surface area contributed by atoms with Gasteiger partial charge in [0.05, 0.1) is 0 Å². The highest BCUT2D eigenvalue weighted by atomic mass is 19.1. The van der Waals surface area contributed by atoms with Crippen molar-refractivity contribution in [2.75, 3.05) is 0 Å². The lowest BCUT2D eigenvalue weighted by atomic mass is 9.80. The smallest absolute Gasteiger partial charge is 0.364 e. The van der Waals surface area contributed by atoms with Crippen molar-refractivity contribution in [3.05, 3.63) is 11.4 Å². The lowest BCUT2D eigenvalue weighted by molar-refractivity contribution is -0.134. The van der Waals surface area contributed by atoms with Gasteiger partial charge in [0.15, 0.2) is 0 Å². The van der Waals surface area contributed by atoms with Crippen LogP contribution in [-0.4, -0.2) is 11.1 Å². The largest absolute Gasteiger partial charge is 0.476 e. The number of carbonyl (C=O) groups is 1. The van der Waals surface area contributed by atoms with E-state index in [1.165, 1.54) is 0 Å². The van der Waals surface area contributed by atoms with Gasteiger partial charge >= 0.3 is 5.97 Å². The van der Waals surface area contributed by atoms with Crippen LogP contribution in [0.25, 0.3) is 0 Å².